The van der Waals surface area contributed by atoms with Crippen molar-refractivity contribution in [2.45, 2.75) is 31.7 Å². The summed E-state index contributed by atoms with van der Waals surface area (Å²) >= 11 is 12.6. The molecule has 0 bridgehead atoms. The standard InChI is InChI=1S/C10H19NO2S3/c1-8(12)3-2-4-9(13)11-10(5-14,6-15)7-16/h14-16H,2-7H2,1H3,(H,11,13). The molecule has 0 unspecified atom stereocenters. The molecule has 16 heavy (non-hydrogen) atoms. The summed E-state index contributed by atoms with van der Waals surface area (Å²) < 4.78 is 0. The van der Waals surface area contributed by atoms with Gasteiger partial charge in [-0.05, 0) is 13.3 Å². The van der Waals surface area contributed by atoms with E-state index >= 15 is 0 Å². The average molecular weight is 281 g/mol. The predicted octanol–water partition coefficient (Wildman–Crippen LogP) is 1.39. The maximum absolute atomic E-state index is 11.6. The van der Waals surface area contributed by atoms with E-state index in [1.165, 1.54) is 6.92 Å². The number of hydrogen-bond acceptors (Lipinski definition) is 5. The minimum Gasteiger partial charge on any atom is -0.348 e. The molecular weight excluding hydrogens is 262 g/mol. The van der Waals surface area contributed by atoms with Gasteiger partial charge in [-0.25, -0.2) is 0 Å². The molecule has 0 aromatic carbocycles. The summed E-state index contributed by atoms with van der Waals surface area (Å²) in [5, 5.41) is 2.87. The van der Waals surface area contributed by atoms with E-state index in [-0.39, 0.29) is 11.7 Å². The fourth-order valence-corrected chi connectivity index (χ4v) is 2.56. The van der Waals surface area contributed by atoms with E-state index in [2.05, 4.69) is 43.2 Å². The smallest absolute Gasteiger partial charge is 0.220 e. The van der Waals surface area contributed by atoms with Crippen molar-refractivity contribution < 1.29 is 9.59 Å². The van der Waals surface area contributed by atoms with Crippen LogP contribution in [0, 0.1) is 0 Å². The number of nitrogens with one attached hydrogen (secondary N) is 1. The van der Waals surface area contributed by atoms with Crippen LogP contribution in [0.4, 0.5) is 0 Å². The first-order chi connectivity index (χ1) is 7.49. The van der Waals surface area contributed by atoms with Gasteiger partial charge >= 0.3 is 0 Å². The largest absolute Gasteiger partial charge is 0.348 e. The average Bonchev–Trinajstić information content (AvgIpc) is 2.25. The van der Waals surface area contributed by atoms with Gasteiger partial charge in [-0.2, -0.15) is 37.9 Å². The molecule has 0 saturated carbocycles. The number of Topliss-reactive ketones (excluding diaryl/α,β-unsaturated/α-hetero) is 1. The van der Waals surface area contributed by atoms with Crippen molar-refractivity contribution in [2.24, 2.45) is 0 Å². The molecule has 0 aromatic heterocycles. The van der Waals surface area contributed by atoms with Gasteiger partial charge in [-0.1, -0.05) is 0 Å². The molecule has 1 N–H and O–H groups in total. The van der Waals surface area contributed by atoms with Crippen LogP contribution >= 0.6 is 37.9 Å². The van der Waals surface area contributed by atoms with Gasteiger partial charge in [0, 0.05) is 30.1 Å². The minimum absolute atomic E-state index is 0.0709. The van der Waals surface area contributed by atoms with E-state index in [0.29, 0.717) is 36.5 Å². The highest BCUT2D eigenvalue weighted by Crippen LogP contribution is 2.12. The number of thiol groups is 3. The van der Waals surface area contributed by atoms with Gasteiger partial charge in [-0.3, -0.25) is 4.79 Å². The Bertz CT molecular complexity index is 234. The number of carbonyl (C=O) groups excluding carboxylic acids is 2. The zero-order chi connectivity index (χ0) is 12.6. The molecule has 0 rings (SSSR count). The van der Waals surface area contributed by atoms with Crippen LogP contribution in [0.1, 0.15) is 26.2 Å². The molecule has 0 fully saturated rings. The Labute approximate surface area is 113 Å². The van der Waals surface area contributed by atoms with Crippen LogP contribution in [-0.4, -0.2) is 34.5 Å². The molecule has 0 aliphatic heterocycles. The Morgan fingerprint density at radius 1 is 1.06 bits per heavy atom. The Hall–Kier alpha value is 0.190. The Balaban J connectivity index is 4.05. The van der Waals surface area contributed by atoms with E-state index in [9.17, 15) is 9.59 Å². The summed E-state index contributed by atoms with van der Waals surface area (Å²) in [4.78, 5) is 22.3. The minimum atomic E-state index is -0.456. The molecule has 0 aliphatic rings. The maximum atomic E-state index is 11.6. The summed E-state index contributed by atoms with van der Waals surface area (Å²) in [6.45, 7) is 1.53. The van der Waals surface area contributed by atoms with Crippen molar-refractivity contribution >= 4 is 49.6 Å². The second-order valence-electron chi connectivity index (χ2n) is 3.86. The summed E-state index contributed by atoms with van der Waals surface area (Å²) in [5.41, 5.74) is -0.456. The second-order valence-corrected chi connectivity index (χ2v) is 4.81. The van der Waals surface area contributed by atoms with Gasteiger partial charge in [-0.15, -0.1) is 0 Å². The van der Waals surface area contributed by atoms with E-state index in [4.69, 9.17) is 0 Å². The van der Waals surface area contributed by atoms with Crippen molar-refractivity contribution in [1.29, 1.82) is 0 Å². The first-order valence-electron chi connectivity index (χ1n) is 5.12. The van der Waals surface area contributed by atoms with Crippen molar-refractivity contribution in [1.82, 2.24) is 5.32 Å². The van der Waals surface area contributed by atoms with Gasteiger partial charge < -0.3 is 10.1 Å². The molecular formula is C10H19NO2S3. The van der Waals surface area contributed by atoms with Crippen molar-refractivity contribution in [2.75, 3.05) is 17.3 Å². The third-order valence-corrected chi connectivity index (χ3v) is 4.06. The van der Waals surface area contributed by atoms with Gasteiger partial charge in [0.1, 0.15) is 5.78 Å². The number of hydrogen-bond donors (Lipinski definition) is 4. The molecule has 94 valence electrons. The molecule has 0 spiro atoms. The van der Waals surface area contributed by atoms with Gasteiger partial charge in [0.05, 0.1) is 5.54 Å². The van der Waals surface area contributed by atoms with Crippen LogP contribution in [0.3, 0.4) is 0 Å². The highest BCUT2D eigenvalue weighted by atomic mass is 32.1. The van der Waals surface area contributed by atoms with Crippen LogP contribution in [0.2, 0.25) is 0 Å². The highest BCUT2D eigenvalue weighted by molar-refractivity contribution is 7.82. The summed E-state index contributed by atoms with van der Waals surface area (Å²) in [6.07, 6.45) is 1.39. The van der Waals surface area contributed by atoms with Gasteiger partial charge in [0.25, 0.3) is 0 Å². The van der Waals surface area contributed by atoms with Crippen molar-refractivity contribution in [3.63, 3.8) is 0 Å². The summed E-state index contributed by atoms with van der Waals surface area (Å²) in [7, 11) is 0. The highest BCUT2D eigenvalue weighted by Gasteiger charge is 2.27. The molecule has 0 heterocycles. The zero-order valence-electron chi connectivity index (χ0n) is 9.40. The van der Waals surface area contributed by atoms with Crippen LogP contribution in [-0.2, 0) is 9.59 Å². The predicted molar refractivity (Wildman–Crippen MR) is 77.0 cm³/mol. The fraction of sp³-hybridized carbons (Fsp3) is 0.800. The number of ketones is 1. The van der Waals surface area contributed by atoms with E-state index in [1.54, 1.807) is 0 Å². The van der Waals surface area contributed by atoms with E-state index < -0.39 is 5.54 Å². The maximum Gasteiger partial charge on any atom is 0.220 e. The quantitative estimate of drug-likeness (QED) is 0.508. The van der Waals surface area contributed by atoms with Crippen LogP contribution in [0.25, 0.3) is 0 Å². The number of carbonyl (C=O) groups is 2. The molecule has 6 heteroatoms. The molecule has 3 nitrogen and oxygen atoms in total. The third-order valence-electron chi connectivity index (χ3n) is 2.25. The van der Waals surface area contributed by atoms with Crippen molar-refractivity contribution in [3.8, 4) is 0 Å². The topological polar surface area (TPSA) is 46.2 Å². The monoisotopic (exact) mass is 281 g/mol. The first-order valence-corrected chi connectivity index (χ1v) is 7.02. The second kappa shape index (κ2) is 8.31. The number of amides is 1. The molecule has 0 saturated heterocycles. The lowest BCUT2D eigenvalue weighted by Crippen LogP contribution is -2.53. The summed E-state index contributed by atoms with van der Waals surface area (Å²) in [5.74, 6) is 1.53. The van der Waals surface area contributed by atoms with Crippen molar-refractivity contribution in [3.05, 3.63) is 0 Å². The summed E-state index contributed by atoms with van der Waals surface area (Å²) in [6, 6.07) is 0. The lowest BCUT2D eigenvalue weighted by Gasteiger charge is -2.30. The molecule has 0 aromatic rings. The van der Waals surface area contributed by atoms with Crippen LogP contribution in [0.15, 0.2) is 0 Å². The Morgan fingerprint density at radius 3 is 1.94 bits per heavy atom. The Kier molecular flexibility index (Phi) is 8.40. The van der Waals surface area contributed by atoms with E-state index in [1.807, 2.05) is 0 Å². The molecule has 1 amide bonds. The fourth-order valence-electron chi connectivity index (χ4n) is 1.12. The third kappa shape index (κ3) is 6.06. The van der Waals surface area contributed by atoms with Crippen LogP contribution < -0.4 is 5.32 Å². The molecule has 0 radical (unpaired) electrons. The zero-order valence-corrected chi connectivity index (χ0v) is 12.1. The Morgan fingerprint density at radius 2 is 1.56 bits per heavy atom. The first kappa shape index (κ1) is 16.2. The lowest BCUT2D eigenvalue weighted by atomic mass is 10.1. The molecule has 0 aliphatic carbocycles. The van der Waals surface area contributed by atoms with E-state index in [0.717, 1.165) is 0 Å². The van der Waals surface area contributed by atoms with Crippen LogP contribution in [0.5, 0.6) is 0 Å². The lowest BCUT2D eigenvalue weighted by molar-refractivity contribution is -0.122. The SMILES string of the molecule is CC(=O)CCCC(=O)NC(CS)(CS)CS. The normalized spacial score (nSPS) is 11.2. The van der Waals surface area contributed by atoms with Gasteiger partial charge in [0.15, 0.2) is 0 Å². The molecule has 0 atom stereocenters. The number of rotatable bonds is 8. The van der Waals surface area contributed by atoms with Gasteiger partial charge in [0.2, 0.25) is 5.91 Å².